The molecule has 2 fully saturated rings. The van der Waals surface area contributed by atoms with Gasteiger partial charge in [0.05, 0.1) is 21.9 Å². The molecule has 8 heteroatoms. The highest BCUT2D eigenvalue weighted by molar-refractivity contribution is 9.11. The molecule has 0 saturated carbocycles. The summed E-state index contributed by atoms with van der Waals surface area (Å²) in [5.41, 5.74) is 0. The van der Waals surface area contributed by atoms with E-state index in [0.717, 1.165) is 16.6 Å². The number of amides is 2. The number of carbonyl (C=O) groups excluding carboxylic acids is 2. The van der Waals surface area contributed by atoms with Gasteiger partial charge in [-0.25, -0.2) is 0 Å². The van der Waals surface area contributed by atoms with Crippen LogP contribution in [0.1, 0.15) is 29.4 Å². The average molecular weight is 417 g/mol. The number of hydrogen-bond donors (Lipinski definition) is 1. The Labute approximate surface area is 153 Å². The third kappa shape index (κ3) is 4.17. The van der Waals surface area contributed by atoms with Crippen LogP contribution in [-0.2, 0) is 14.3 Å². The predicted molar refractivity (Wildman–Crippen MR) is 93.9 cm³/mol. The van der Waals surface area contributed by atoms with Crippen LogP contribution in [-0.4, -0.2) is 55.3 Å². The first-order chi connectivity index (χ1) is 11.5. The standard InChI is InChI=1S/C16H21BrN2O4S/c1-10(18-14(20)12-2-3-13(17)24-12)15(21)19-6-4-11(5-7-19)16-22-8-9-23-16/h2-3,10-11,16H,4-9H2,1H3,(H,18,20). The molecule has 2 amide bonds. The topological polar surface area (TPSA) is 67.9 Å². The second kappa shape index (κ2) is 7.95. The zero-order valence-electron chi connectivity index (χ0n) is 13.5. The van der Waals surface area contributed by atoms with Crippen molar-refractivity contribution in [2.45, 2.75) is 32.1 Å². The lowest BCUT2D eigenvalue weighted by Crippen LogP contribution is -2.50. The molecule has 6 nitrogen and oxygen atoms in total. The molecule has 1 aromatic rings. The Hall–Kier alpha value is -0.960. The summed E-state index contributed by atoms with van der Waals surface area (Å²) < 4.78 is 12.0. The number of piperidine rings is 1. The molecule has 1 N–H and O–H groups in total. The van der Waals surface area contributed by atoms with Crippen molar-refractivity contribution in [1.82, 2.24) is 10.2 Å². The number of likely N-dealkylation sites (tertiary alicyclic amines) is 1. The fourth-order valence-electron chi connectivity index (χ4n) is 3.08. The Morgan fingerprint density at radius 1 is 1.29 bits per heavy atom. The molecule has 132 valence electrons. The van der Waals surface area contributed by atoms with Crippen molar-refractivity contribution < 1.29 is 19.1 Å². The van der Waals surface area contributed by atoms with Crippen LogP contribution in [0.4, 0.5) is 0 Å². The molecule has 3 heterocycles. The number of hydrogen-bond acceptors (Lipinski definition) is 5. The van der Waals surface area contributed by atoms with E-state index >= 15 is 0 Å². The quantitative estimate of drug-likeness (QED) is 0.816. The van der Waals surface area contributed by atoms with E-state index in [1.54, 1.807) is 13.0 Å². The Balaban J connectivity index is 1.48. The Kier molecular flexibility index (Phi) is 5.91. The highest BCUT2D eigenvalue weighted by Crippen LogP contribution is 2.26. The smallest absolute Gasteiger partial charge is 0.262 e. The summed E-state index contributed by atoms with van der Waals surface area (Å²) in [7, 11) is 0. The van der Waals surface area contributed by atoms with Crippen LogP contribution < -0.4 is 5.32 Å². The zero-order valence-corrected chi connectivity index (χ0v) is 15.9. The number of ether oxygens (including phenoxy) is 2. The maximum atomic E-state index is 12.5. The minimum Gasteiger partial charge on any atom is -0.350 e. The molecular formula is C16H21BrN2O4S. The summed E-state index contributed by atoms with van der Waals surface area (Å²) in [5.74, 6) is 0.102. The summed E-state index contributed by atoms with van der Waals surface area (Å²) >= 11 is 4.69. The summed E-state index contributed by atoms with van der Waals surface area (Å²) in [6, 6.07) is 3.03. The van der Waals surface area contributed by atoms with Crippen molar-refractivity contribution in [3.05, 3.63) is 20.8 Å². The molecule has 2 aliphatic heterocycles. The predicted octanol–water partition coefficient (Wildman–Crippen LogP) is 2.24. The monoisotopic (exact) mass is 416 g/mol. The number of nitrogens with zero attached hydrogens (tertiary/aromatic N) is 1. The van der Waals surface area contributed by atoms with Crippen LogP contribution in [0, 0.1) is 5.92 Å². The van der Waals surface area contributed by atoms with Crippen molar-refractivity contribution in [2.75, 3.05) is 26.3 Å². The highest BCUT2D eigenvalue weighted by Gasteiger charge is 2.33. The van der Waals surface area contributed by atoms with Gasteiger partial charge >= 0.3 is 0 Å². The second-order valence-electron chi connectivity index (χ2n) is 6.07. The van der Waals surface area contributed by atoms with E-state index in [0.29, 0.717) is 37.1 Å². The molecular weight excluding hydrogens is 396 g/mol. The normalized spacial score (nSPS) is 21.0. The van der Waals surface area contributed by atoms with Gasteiger partial charge in [0, 0.05) is 19.0 Å². The van der Waals surface area contributed by atoms with Gasteiger partial charge in [-0.05, 0) is 47.8 Å². The number of nitrogens with one attached hydrogen (secondary N) is 1. The largest absolute Gasteiger partial charge is 0.350 e. The lowest BCUT2D eigenvalue weighted by atomic mass is 9.96. The lowest BCUT2D eigenvalue weighted by Gasteiger charge is -2.35. The maximum Gasteiger partial charge on any atom is 0.262 e. The van der Waals surface area contributed by atoms with Gasteiger partial charge in [-0.15, -0.1) is 11.3 Å². The number of halogens is 1. The van der Waals surface area contributed by atoms with Crippen molar-refractivity contribution in [1.29, 1.82) is 0 Å². The number of carbonyl (C=O) groups is 2. The van der Waals surface area contributed by atoms with Crippen LogP contribution in [0.25, 0.3) is 0 Å². The highest BCUT2D eigenvalue weighted by atomic mass is 79.9. The Morgan fingerprint density at radius 3 is 2.54 bits per heavy atom. The first kappa shape index (κ1) is 17.8. The van der Waals surface area contributed by atoms with Gasteiger partial charge in [0.1, 0.15) is 6.04 Å². The summed E-state index contributed by atoms with van der Waals surface area (Å²) in [4.78, 5) is 27.1. The van der Waals surface area contributed by atoms with Gasteiger partial charge in [-0.1, -0.05) is 0 Å². The molecule has 2 aliphatic rings. The van der Waals surface area contributed by atoms with E-state index in [2.05, 4.69) is 21.2 Å². The van der Waals surface area contributed by atoms with Gasteiger partial charge < -0.3 is 19.7 Å². The molecule has 1 aromatic heterocycles. The van der Waals surface area contributed by atoms with E-state index in [9.17, 15) is 9.59 Å². The van der Waals surface area contributed by atoms with Gasteiger partial charge in [0.25, 0.3) is 5.91 Å². The van der Waals surface area contributed by atoms with Crippen molar-refractivity contribution in [3.63, 3.8) is 0 Å². The second-order valence-corrected chi connectivity index (χ2v) is 8.53. The minimum absolute atomic E-state index is 0.0364. The molecule has 0 bridgehead atoms. The van der Waals surface area contributed by atoms with Crippen LogP contribution in [0.3, 0.4) is 0 Å². The molecule has 0 spiro atoms. The lowest BCUT2D eigenvalue weighted by molar-refractivity contribution is -0.138. The Bertz CT molecular complexity index is 595. The fourth-order valence-corrected chi connectivity index (χ4v) is 4.37. The van der Waals surface area contributed by atoms with Crippen molar-refractivity contribution >= 4 is 39.1 Å². The fraction of sp³-hybridized carbons (Fsp3) is 0.625. The van der Waals surface area contributed by atoms with E-state index < -0.39 is 6.04 Å². The average Bonchev–Trinajstić information content (AvgIpc) is 3.26. The van der Waals surface area contributed by atoms with Crippen LogP contribution in [0.15, 0.2) is 15.9 Å². The van der Waals surface area contributed by atoms with E-state index in [4.69, 9.17) is 9.47 Å². The maximum absolute atomic E-state index is 12.5. The molecule has 3 rings (SSSR count). The van der Waals surface area contributed by atoms with Gasteiger partial charge in [0.15, 0.2) is 6.29 Å². The Morgan fingerprint density at radius 2 is 1.96 bits per heavy atom. The summed E-state index contributed by atoms with van der Waals surface area (Å²) in [5, 5.41) is 2.78. The summed E-state index contributed by atoms with van der Waals surface area (Å²) in [6.45, 7) is 4.41. The SMILES string of the molecule is CC(NC(=O)c1ccc(Br)s1)C(=O)N1CCC(C2OCCO2)CC1. The van der Waals surface area contributed by atoms with Gasteiger partial charge in [0.2, 0.25) is 5.91 Å². The molecule has 1 unspecified atom stereocenters. The number of thiophene rings is 1. The number of rotatable bonds is 4. The minimum atomic E-state index is -0.533. The van der Waals surface area contributed by atoms with Gasteiger partial charge in [-0.3, -0.25) is 9.59 Å². The molecule has 24 heavy (non-hydrogen) atoms. The molecule has 2 saturated heterocycles. The molecule has 1 atom stereocenters. The first-order valence-corrected chi connectivity index (χ1v) is 9.74. The molecule has 0 radical (unpaired) electrons. The molecule has 0 aliphatic carbocycles. The summed E-state index contributed by atoms with van der Waals surface area (Å²) in [6.07, 6.45) is 1.63. The van der Waals surface area contributed by atoms with E-state index in [1.807, 2.05) is 11.0 Å². The van der Waals surface area contributed by atoms with Crippen LogP contribution in [0.2, 0.25) is 0 Å². The van der Waals surface area contributed by atoms with Crippen molar-refractivity contribution in [2.24, 2.45) is 5.92 Å². The van der Waals surface area contributed by atoms with Gasteiger partial charge in [-0.2, -0.15) is 0 Å². The third-order valence-electron chi connectivity index (χ3n) is 4.40. The first-order valence-electron chi connectivity index (χ1n) is 8.13. The van der Waals surface area contributed by atoms with E-state index in [1.165, 1.54) is 11.3 Å². The van der Waals surface area contributed by atoms with E-state index in [-0.39, 0.29) is 18.1 Å². The third-order valence-corrected chi connectivity index (χ3v) is 6.02. The van der Waals surface area contributed by atoms with Crippen LogP contribution >= 0.6 is 27.3 Å². The van der Waals surface area contributed by atoms with Crippen molar-refractivity contribution in [3.8, 4) is 0 Å². The molecule has 0 aromatic carbocycles. The van der Waals surface area contributed by atoms with Crippen LogP contribution in [0.5, 0.6) is 0 Å². The zero-order chi connectivity index (χ0) is 17.1.